The number of H-pyrrole nitrogens is 1. The highest BCUT2D eigenvalue weighted by Crippen LogP contribution is 2.44. The summed E-state index contributed by atoms with van der Waals surface area (Å²) in [6, 6.07) is 14.1. The maximum Gasteiger partial charge on any atom is 0.238 e. The normalized spacial score (nSPS) is 18.9. The quantitative estimate of drug-likeness (QED) is 0.675. The van der Waals surface area contributed by atoms with Gasteiger partial charge in [0.2, 0.25) is 5.91 Å². The number of carbonyl (C=O) groups excluding carboxylic acids is 1. The van der Waals surface area contributed by atoms with E-state index in [1.54, 1.807) is 23.9 Å². The Morgan fingerprint density at radius 3 is 2.57 bits per heavy atom. The summed E-state index contributed by atoms with van der Waals surface area (Å²) in [4.78, 5) is 12.2. The van der Waals surface area contributed by atoms with Crippen molar-refractivity contribution in [2.24, 2.45) is 0 Å². The highest BCUT2D eigenvalue weighted by molar-refractivity contribution is 8.01. The number of nitrogens with zero attached hydrogens (tertiary/aromatic N) is 1. The van der Waals surface area contributed by atoms with Gasteiger partial charge >= 0.3 is 0 Å². The van der Waals surface area contributed by atoms with Crippen LogP contribution in [0.15, 0.2) is 48.5 Å². The number of halogens is 1. The van der Waals surface area contributed by atoms with Crippen LogP contribution in [0, 0.1) is 12.7 Å². The average Bonchev–Trinajstić information content (AvgIpc) is 2.99. The van der Waals surface area contributed by atoms with Crippen molar-refractivity contribution in [3.8, 4) is 5.75 Å². The number of carbonyl (C=O) groups is 1. The summed E-state index contributed by atoms with van der Waals surface area (Å²) in [6.45, 7) is 4.23. The molecule has 0 unspecified atom stereocenters. The van der Waals surface area contributed by atoms with Crippen LogP contribution in [0.4, 0.5) is 10.2 Å². The third-order valence-corrected chi connectivity index (χ3v) is 6.11. The molecule has 28 heavy (non-hydrogen) atoms. The second-order valence-corrected chi connectivity index (χ2v) is 8.19. The summed E-state index contributed by atoms with van der Waals surface area (Å²) >= 11 is 1.60. The molecule has 1 aromatic heterocycles. The number of nitrogens with one attached hydrogen (secondary N) is 2. The maximum absolute atomic E-state index is 13.0. The van der Waals surface area contributed by atoms with Crippen molar-refractivity contribution in [2.45, 2.75) is 31.0 Å². The second kappa shape index (κ2) is 7.67. The molecule has 4 rings (SSSR count). The van der Waals surface area contributed by atoms with Gasteiger partial charge in [-0.15, -0.1) is 11.8 Å². The number of benzene rings is 2. The Bertz CT molecular complexity index is 986. The summed E-state index contributed by atoms with van der Waals surface area (Å²) in [5, 5.41) is 9.91. The molecule has 3 aromatic rings. The van der Waals surface area contributed by atoms with Gasteiger partial charge in [-0.2, -0.15) is 5.10 Å². The zero-order chi connectivity index (χ0) is 19.7. The van der Waals surface area contributed by atoms with Gasteiger partial charge in [0.1, 0.15) is 18.2 Å². The van der Waals surface area contributed by atoms with E-state index in [0.29, 0.717) is 12.4 Å². The van der Waals surface area contributed by atoms with Crippen molar-refractivity contribution < 1.29 is 13.9 Å². The van der Waals surface area contributed by atoms with Gasteiger partial charge in [0.05, 0.1) is 10.5 Å². The second-order valence-electron chi connectivity index (χ2n) is 6.74. The molecule has 0 spiro atoms. The van der Waals surface area contributed by atoms with Crippen molar-refractivity contribution in [1.82, 2.24) is 10.2 Å². The van der Waals surface area contributed by atoms with Crippen LogP contribution >= 0.6 is 11.8 Å². The first kappa shape index (κ1) is 18.6. The van der Waals surface area contributed by atoms with Crippen molar-refractivity contribution in [2.75, 3.05) is 5.32 Å². The molecule has 0 saturated heterocycles. The molecule has 1 aliphatic heterocycles. The summed E-state index contributed by atoms with van der Waals surface area (Å²) < 4.78 is 18.8. The Balaban J connectivity index is 1.53. The van der Waals surface area contributed by atoms with Crippen molar-refractivity contribution in [1.29, 1.82) is 0 Å². The molecular formula is C21H20FN3O2S. The molecule has 1 aliphatic rings. The van der Waals surface area contributed by atoms with Crippen LogP contribution < -0.4 is 10.1 Å². The number of fused-ring (bicyclic) bond motifs is 1. The highest BCUT2D eigenvalue weighted by atomic mass is 32.2. The number of aromatic nitrogens is 2. The largest absolute Gasteiger partial charge is 0.489 e. The predicted octanol–water partition coefficient (Wildman–Crippen LogP) is 4.60. The van der Waals surface area contributed by atoms with E-state index in [2.05, 4.69) is 15.5 Å². The molecule has 5 nitrogen and oxygen atoms in total. The molecule has 2 heterocycles. The standard InChI is InChI=1S/C21H20FN3O2S/c1-12-18-19(28-13(2)21(26)23-20(18)25-24-12)15-5-9-17(10-6-15)27-11-14-3-7-16(22)8-4-14/h3-10,13,19H,11H2,1-2H3,(H2,23,24,25,26)/t13-,19-/m0/s1. The van der Waals surface area contributed by atoms with Gasteiger partial charge in [0, 0.05) is 11.3 Å². The molecule has 0 aliphatic carbocycles. The minimum absolute atomic E-state index is 0.00570. The zero-order valence-corrected chi connectivity index (χ0v) is 16.3. The number of rotatable bonds is 4. The molecule has 0 radical (unpaired) electrons. The van der Waals surface area contributed by atoms with Crippen LogP contribution in [0.1, 0.15) is 34.6 Å². The van der Waals surface area contributed by atoms with Crippen LogP contribution in [-0.4, -0.2) is 21.4 Å². The molecule has 2 aromatic carbocycles. The first-order chi connectivity index (χ1) is 13.5. The van der Waals surface area contributed by atoms with E-state index in [1.807, 2.05) is 38.1 Å². The smallest absolute Gasteiger partial charge is 0.238 e. The molecule has 1 amide bonds. The van der Waals surface area contributed by atoms with Crippen molar-refractivity contribution in [3.05, 3.63) is 76.7 Å². The minimum atomic E-state index is -0.259. The molecule has 2 N–H and O–H groups in total. The number of amides is 1. The van der Waals surface area contributed by atoms with Gasteiger partial charge in [-0.1, -0.05) is 24.3 Å². The van der Waals surface area contributed by atoms with Gasteiger partial charge < -0.3 is 10.1 Å². The Kier molecular flexibility index (Phi) is 5.09. The van der Waals surface area contributed by atoms with E-state index in [1.165, 1.54) is 12.1 Å². The molecule has 144 valence electrons. The lowest BCUT2D eigenvalue weighted by molar-refractivity contribution is -0.115. The predicted molar refractivity (Wildman–Crippen MR) is 108 cm³/mol. The lowest BCUT2D eigenvalue weighted by Crippen LogP contribution is -2.21. The Morgan fingerprint density at radius 2 is 1.86 bits per heavy atom. The zero-order valence-electron chi connectivity index (χ0n) is 15.5. The van der Waals surface area contributed by atoms with Crippen LogP contribution in [0.5, 0.6) is 5.75 Å². The SMILES string of the molecule is Cc1[nH]nc2c1[C@H](c1ccc(OCc3ccc(F)cc3)cc1)S[C@@H](C)C(=O)N2. The summed E-state index contributed by atoms with van der Waals surface area (Å²) in [5.41, 5.74) is 3.93. The number of ether oxygens (including phenoxy) is 1. The van der Waals surface area contributed by atoms with Gasteiger partial charge in [-0.05, 0) is 49.2 Å². The highest BCUT2D eigenvalue weighted by Gasteiger charge is 2.32. The van der Waals surface area contributed by atoms with E-state index in [9.17, 15) is 9.18 Å². The number of thioether (sulfide) groups is 1. The third-order valence-electron chi connectivity index (χ3n) is 4.71. The Hall–Kier alpha value is -2.80. The summed E-state index contributed by atoms with van der Waals surface area (Å²) in [5.74, 6) is 1.03. The molecule has 7 heteroatoms. The van der Waals surface area contributed by atoms with Crippen LogP contribution in [-0.2, 0) is 11.4 Å². The number of hydrogen-bond acceptors (Lipinski definition) is 4. The average molecular weight is 397 g/mol. The van der Waals surface area contributed by atoms with Crippen LogP contribution in [0.3, 0.4) is 0 Å². The van der Waals surface area contributed by atoms with E-state index in [-0.39, 0.29) is 22.2 Å². The van der Waals surface area contributed by atoms with Gasteiger partial charge in [0.15, 0.2) is 5.82 Å². The van der Waals surface area contributed by atoms with E-state index in [0.717, 1.165) is 28.1 Å². The molecule has 0 saturated carbocycles. The first-order valence-electron chi connectivity index (χ1n) is 8.99. The number of hydrogen-bond donors (Lipinski definition) is 2. The number of aryl methyl sites for hydroxylation is 1. The topological polar surface area (TPSA) is 67.0 Å². The van der Waals surface area contributed by atoms with E-state index in [4.69, 9.17) is 4.74 Å². The lowest BCUT2D eigenvalue weighted by atomic mass is 10.0. The summed E-state index contributed by atoms with van der Waals surface area (Å²) in [6.07, 6.45) is 0. The number of anilines is 1. The molecule has 0 fully saturated rings. The fraction of sp³-hybridized carbons (Fsp3) is 0.238. The molecular weight excluding hydrogens is 377 g/mol. The lowest BCUT2D eigenvalue weighted by Gasteiger charge is -2.18. The van der Waals surface area contributed by atoms with Crippen molar-refractivity contribution >= 4 is 23.5 Å². The molecule has 2 atom stereocenters. The van der Waals surface area contributed by atoms with Gasteiger partial charge in [-0.3, -0.25) is 9.89 Å². The first-order valence-corrected chi connectivity index (χ1v) is 9.94. The fourth-order valence-electron chi connectivity index (χ4n) is 3.14. The Labute approximate surface area is 166 Å². The fourth-order valence-corrected chi connectivity index (χ4v) is 4.47. The van der Waals surface area contributed by atoms with E-state index < -0.39 is 0 Å². The molecule has 0 bridgehead atoms. The third kappa shape index (κ3) is 3.75. The minimum Gasteiger partial charge on any atom is -0.489 e. The Morgan fingerprint density at radius 1 is 1.14 bits per heavy atom. The van der Waals surface area contributed by atoms with E-state index >= 15 is 0 Å². The van der Waals surface area contributed by atoms with Crippen molar-refractivity contribution in [3.63, 3.8) is 0 Å². The van der Waals surface area contributed by atoms with Gasteiger partial charge in [0.25, 0.3) is 0 Å². The maximum atomic E-state index is 13.0. The summed E-state index contributed by atoms with van der Waals surface area (Å²) in [7, 11) is 0. The van der Waals surface area contributed by atoms with Crippen LogP contribution in [0.2, 0.25) is 0 Å². The number of aromatic amines is 1. The van der Waals surface area contributed by atoms with Crippen LogP contribution in [0.25, 0.3) is 0 Å². The van der Waals surface area contributed by atoms with Gasteiger partial charge in [-0.25, -0.2) is 4.39 Å². The monoisotopic (exact) mass is 397 g/mol.